The van der Waals surface area contributed by atoms with E-state index in [0.717, 1.165) is 25.7 Å². The highest BCUT2D eigenvalue weighted by atomic mass is 16.4. The highest BCUT2D eigenvalue weighted by Crippen LogP contribution is 2.44. The third-order valence-electron chi connectivity index (χ3n) is 6.07. The molecular weight excluding hydrogens is 336 g/mol. The predicted octanol–water partition coefficient (Wildman–Crippen LogP) is 0.738. The molecule has 8 nitrogen and oxygen atoms in total. The molecule has 3 fully saturated rings. The second-order valence-electron chi connectivity index (χ2n) is 7.99. The Kier molecular flexibility index (Phi) is 4.00. The number of carboxylic acid groups (broad SMARTS) is 1. The van der Waals surface area contributed by atoms with Gasteiger partial charge < -0.3 is 14.9 Å². The number of nitrogens with zero attached hydrogens (tertiary/aromatic N) is 4. The number of rotatable bonds is 3. The molecule has 26 heavy (non-hydrogen) atoms. The van der Waals surface area contributed by atoms with Crippen LogP contribution in [0.25, 0.3) is 0 Å². The largest absolute Gasteiger partial charge is 0.480 e. The van der Waals surface area contributed by atoms with Crippen LogP contribution in [0.1, 0.15) is 42.5 Å². The first-order valence-corrected chi connectivity index (χ1v) is 9.20. The van der Waals surface area contributed by atoms with E-state index in [1.807, 2.05) is 4.90 Å². The van der Waals surface area contributed by atoms with Crippen LogP contribution in [0.5, 0.6) is 0 Å². The number of carboxylic acids is 1. The van der Waals surface area contributed by atoms with Crippen molar-refractivity contribution >= 4 is 17.8 Å². The highest BCUT2D eigenvalue weighted by molar-refractivity contribution is 5.96. The van der Waals surface area contributed by atoms with Gasteiger partial charge in [-0.05, 0) is 37.5 Å². The number of amides is 2. The van der Waals surface area contributed by atoms with Crippen molar-refractivity contribution in [2.45, 2.75) is 38.1 Å². The summed E-state index contributed by atoms with van der Waals surface area (Å²) in [6.45, 7) is 1.76. The van der Waals surface area contributed by atoms with E-state index < -0.39 is 12.0 Å². The number of likely N-dealkylation sites (tertiary alicyclic amines) is 2. The Balaban J connectivity index is 1.48. The van der Waals surface area contributed by atoms with Gasteiger partial charge in [-0.1, -0.05) is 0 Å². The van der Waals surface area contributed by atoms with E-state index in [0.29, 0.717) is 31.6 Å². The van der Waals surface area contributed by atoms with Gasteiger partial charge in [-0.2, -0.15) is 5.10 Å². The van der Waals surface area contributed by atoms with Crippen molar-refractivity contribution in [3.05, 3.63) is 18.0 Å². The molecule has 1 aromatic heterocycles. The summed E-state index contributed by atoms with van der Waals surface area (Å²) >= 11 is 0. The van der Waals surface area contributed by atoms with Crippen LogP contribution >= 0.6 is 0 Å². The zero-order valence-corrected chi connectivity index (χ0v) is 14.9. The number of hydrogen-bond acceptors (Lipinski definition) is 4. The minimum absolute atomic E-state index is 0.207. The minimum Gasteiger partial charge on any atom is -0.480 e. The molecule has 1 N–H and O–H groups in total. The lowest BCUT2D eigenvalue weighted by molar-refractivity contribution is -0.141. The summed E-state index contributed by atoms with van der Waals surface area (Å²) in [4.78, 5) is 40.2. The predicted molar refractivity (Wildman–Crippen MR) is 91.3 cm³/mol. The van der Waals surface area contributed by atoms with Crippen molar-refractivity contribution in [2.75, 3.05) is 19.6 Å². The van der Waals surface area contributed by atoms with Crippen molar-refractivity contribution in [3.8, 4) is 0 Å². The van der Waals surface area contributed by atoms with E-state index in [2.05, 4.69) is 5.10 Å². The van der Waals surface area contributed by atoms with Crippen molar-refractivity contribution in [2.24, 2.45) is 18.4 Å². The molecule has 1 unspecified atom stereocenters. The number of aliphatic carboxylic acids is 1. The number of aromatic nitrogens is 2. The molecule has 4 rings (SSSR count). The summed E-state index contributed by atoms with van der Waals surface area (Å²) in [5, 5.41) is 13.7. The fraction of sp³-hybridized carbons (Fsp3) is 0.667. The number of piperidine rings is 1. The van der Waals surface area contributed by atoms with Crippen LogP contribution in [-0.2, 0) is 16.6 Å². The minimum atomic E-state index is -0.962. The van der Waals surface area contributed by atoms with Gasteiger partial charge in [0.05, 0.1) is 11.8 Å². The SMILES string of the molecule is Cn1cc(C(=O)N2CC3(CCN(C(=O)C4CC4)CC3)CC2C(=O)O)cn1. The fourth-order valence-electron chi connectivity index (χ4n) is 4.34. The van der Waals surface area contributed by atoms with Gasteiger partial charge in [0.2, 0.25) is 5.91 Å². The smallest absolute Gasteiger partial charge is 0.326 e. The molecule has 3 heterocycles. The standard InChI is InChI=1S/C18H24N4O4/c1-20-10-13(9-19-20)16(24)22-11-18(8-14(22)17(25)26)4-6-21(7-5-18)15(23)12-2-3-12/h9-10,12,14H,2-8,11H2,1H3,(H,25,26). The Bertz CT molecular complexity index is 746. The summed E-state index contributed by atoms with van der Waals surface area (Å²) in [5.41, 5.74) is 0.207. The van der Waals surface area contributed by atoms with Gasteiger partial charge in [-0.25, -0.2) is 4.79 Å². The summed E-state index contributed by atoms with van der Waals surface area (Å²) < 4.78 is 1.54. The van der Waals surface area contributed by atoms with Crippen LogP contribution < -0.4 is 0 Å². The molecule has 1 aromatic rings. The monoisotopic (exact) mass is 360 g/mol. The Morgan fingerprint density at radius 1 is 1.23 bits per heavy atom. The van der Waals surface area contributed by atoms with Gasteiger partial charge in [0.25, 0.3) is 5.91 Å². The quantitative estimate of drug-likeness (QED) is 0.858. The molecule has 0 aromatic carbocycles. The Morgan fingerprint density at radius 2 is 1.92 bits per heavy atom. The molecular formula is C18H24N4O4. The summed E-state index contributed by atoms with van der Waals surface area (Å²) in [5.74, 6) is -0.784. The van der Waals surface area contributed by atoms with Gasteiger partial charge in [0.15, 0.2) is 0 Å². The second-order valence-corrected chi connectivity index (χ2v) is 7.99. The maximum atomic E-state index is 12.8. The molecule has 2 saturated heterocycles. The number of carbonyl (C=O) groups excluding carboxylic acids is 2. The van der Waals surface area contributed by atoms with E-state index in [1.165, 1.54) is 15.8 Å². The number of hydrogen-bond donors (Lipinski definition) is 1. The Labute approximate surface area is 151 Å². The molecule has 0 radical (unpaired) electrons. The van der Waals surface area contributed by atoms with Gasteiger partial charge in [0.1, 0.15) is 6.04 Å². The first kappa shape index (κ1) is 17.1. The normalized spacial score (nSPS) is 24.9. The lowest BCUT2D eigenvalue weighted by Gasteiger charge is -2.39. The van der Waals surface area contributed by atoms with Gasteiger partial charge in [-0.15, -0.1) is 0 Å². The molecule has 2 aliphatic heterocycles. The van der Waals surface area contributed by atoms with Crippen LogP contribution in [0, 0.1) is 11.3 Å². The van der Waals surface area contributed by atoms with Crippen LogP contribution in [0.2, 0.25) is 0 Å². The second kappa shape index (κ2) is 6.10. The third-order valence-corrected chi connectivity index (χ3v) is 6.07. The molecule has 2 amide bonds. The zero-order chi connectivity index (χ0) is 18.5. The summed E-state index contributed by atoms with van der Waals surface area (Å²) in [7, 11) is 1.73. The Hall–Kier alpha value is -2.38. The lowest BCUT2D eigenvalue weighted by atomic mass is 9.76. The highest BCUT2D eigenvalue weighted by Gasteiger charge is 2.51. The van der Waals surface area contributed by atoms with Crippen LogP contribution in [-0.4, -0.2) is 68.1 Å². The van der Waals surface area contributed by atoms with Crippen molar-refractivity contribution in [1.29, 1.82) is 0 Å². The molecule has 3 aliphatic rings. The third kappa shape index (κ3) is 2.97. The average molecular weight is 360 g/mol. The van der Waals surface area contributed by atoms with Crippen LogP contribution in [0.4, 0.5) is 0 Å². The molecule has 1 spiro atoms. The molecule has 1 atom stereocenters. The van der Waals surface area contributed by atoms with Crippen molar-refractivity contribution < 1.29 is 19.5 Å². The molecule has 1 aliphatic carbocycles. The van der Waals surface area contributed by atoms with E-state index >= 15 is 0 Å². The van der Waals surface area contributed by atoms with E-state index in [1.54, 1.807) is 13.2 Å². The van der Waals surface area contributed by atoms with Crippen molar-refractivity contribution in [3.63, 3.8) is 0 Å². The maximum Gasteiger partial charge on any atom is 0.326 e. The molecule has 140 valence electrons. The number of carbonyl (C=O) groups is 3. The van der Waals surface area contributed by atoms with Gasteiger partial charge in [0, 0.05) is 38.8 Å². The van der Waals surface area contributed by atoms with E-state index in [4.69, 9.17) is 0 Å². The lowest BCUT2D eigenvalue weighted by Crippen LogP contribution is -2.45. The van der Waals surface area contributed by atoms with Gasteiger partial charge >= 0.3 is 5.97 Å². The van der Waals surface area contributed by atoms with E-state index in [9.17, 15) is 19.5 Å². The maximum absolute atomic E-state index is 12.8. The molecule has 8 heteroatoms. The van der Waals surface area contributed by atoms with Gasteiger partial charge in [-0.3, -0.25) is 14.3 Å². The van der Waals surface area contributed by atoms with E-state index in [-0.39, 0.29) is 23.1 Å². The zero-order valence-electron chi connectivity index (χ0n) is 14.9. The van der Waals surface area contributed by atoms with Crippen LogP contribution in [0.3, 0.4) is 0 Å². The van der Waals surface area contributed by atoms with Crippen molar-refractivity contribution in [1.82, 2.24) is 19.6 Å². The number of aryl methyl sites for hydroxylation is 1. The first-order chi connectivity index (χ1) is 12.4. The topological polar surface area (TPSA) is 95.7 Å². The Morgan fingerprint density at radius 3 is 2.46 bits per heavy atom. The van der Waals surface area contributed by atoms with Crippen LogP contribution in [0.15, 0.2) is 12.4 Å². The average Bonchev–Trinajstić information content (AvgIpc) is 3.28. The molecule has 0 bridgehead atoms. The summed E-state index contributed by atoms with van der Waals surface area (Å²) in [6.07, 6.45) is 7.05. The fourth-order valence-corrected chi connectivity index (χ4v) is 4.34. The molecule has 1 saturated carbocycles. The first-order valence-electron chi connectivity index (χ1n) is 9.20. The summed E-state index contributed by atoms with van der Waals surface area (Å²) in [6, 6.07) is -0.812.